The number of rotatable bonds is 1. The van der Waals surface area contributed by atoms with E-state index in [0.29, 0.717) is 6.42 Å². The molecule has 3 heteroatoms. The molecule has 2 aromatic rings. The molecule has 2 N–H and O–H groups in total. The number of carbonyl (C=O) groups is 1. The molecule has 94 valence electrons. The lowest BCUT2D eigenvalue weighted by Crippen LogP contribution is -2.21. The normalized spacial score (nSPS) is 18.9. The number of fused-ring (bicyclic) bond motifs is 3. The number of aromatic amines is 1. The summed E-state index contributed by atoms with van der Waals surface area (Å²) in [6, 6.07) is 4.31. The highest BCUT2D eigenvalue weighted by Crippen LogP contribution is 2.33. The minimum atomic E-state index is -0.674. The summed E-state index contributed by atoms with van der Waals surface area (Å²) >= 11 is 0. The number of nitrogens with one attached hydrogen (secondary N) is 1. The number of aromatic nitrogens is 1. The summed E-state index contributed by atoms with van der Waals surface area (Å²) in [5.74, 6) is -0.904. The minimum Gasteiger partial charge on any atom is -0.481 e. The van der Waals surface area contributed by atoms with Crippen LogP contribution in [0.3, 0.4) is 0 Å². The minimum absolute atomic E-state index is 0.230. The van der Waals surface area contributed by atoms with E-state index in [4.69, 9.17) is 5.11 Å². The van der Waals surface area contributed by atoms with Crippen molar-refractivity contribution in [1.29, 1.82) is 0 Å². The molecule has 1 aromatic heterocycles. The van der Waals surface area contributed by atoms with Crippen molar-refractivity contribution in [1.82, 2.24) is 4.98 Å². The Hall–Kier alpha value is -1.77. The van der Waals surface area contributed by atoms with Crippen LogP contribution < -0.4 is 0 Å². The summed E-state index contributed by atoms with van der Waals surface area (Å²) in [5, 5.41) is 10.4. The van der Waals surface area contributed by atoms with Gasteiger partial charge < -0.3 is 10.1 Å². The first-order valence-electron chi connectivity index (χ1n) is 6.40. The average Bonchev–Trinajstić information content (AvgIpc) is 2.72. The van der Waals surface area contributed by atoms with E-state index in [1.165, 1.54) is 27.6 Å². The third-order valence-electron chi connectivity index (χ3n) is 4.24. The summed E-state index contributed by atoms with van der Waals surface area (Å²) in [5.41, 5.74) is 6.18. The lowest BCUT2D eigenvalue weighted by atomic mass is 9.87. The first-order valence-corrected chi connectivity index (χ1v) is 6.40. The van der Waals surface area contributed by atoms with Crippen molar-refractivity contribution in [3.8, 4) is 0 Å². The number of aliphatic carboxylic acids is 1. The maximum atomic E-state index is 11.1. The number of carboxylic acid groups (broad SMARTS) is 1. The molecule has 1 atom stereocenters. The molecule has 0 aliphatic heterocycles. The Morgan fingerprint density at radius 2 is 2.17 bits per heavy atom. The van der Waals surface area contributed by atoms with Crippen molar-refractivity contribution in [2.45, 2.75) is 33.1 Å². The molecule has 0 fully saturated rings. The van der Waals surface area contributed by atoms with Gasteiger partial charge in [0, 0.05) is 23.0 Å². The van der Waals surface area contributed by atoms with Gasteiger partial charge in [0.2, 0.25) is 0 Å². The second kappa shape index (κ2) is 3.87. The van der Waals surface area contributed by atoms with Gasteiger partial charge in [-0.15, -0.1) is 0 Å². The van der Waals surface area contributed by atoms with Crippen molar-refractivity contribution < 1.29 is 9.90 Å². The highest BCUT2D eigenvalue weighted by Gasteiger charge is 2.27. The smallest absolute Gasteiger partial charge is 0.306 e. The molecular weight excluding hydrogens is 226 g/mol. The summed E-state index contributed by atoms with van der Waals surface area (Å²) in [7, 11) is 0. The molecule has 3 rings (SSSR count). The van der Waals surface area contributed by atoms with Crippen molar-refractivity contribution in [2.75, 3.05) is 0 Å². The van der Waals surface area contributed by atoms with E-state index in [-0.39, 0.29) is 5.92 Å². The van der Waals surface area contributed by atoms with Crippen molar-refractivity contribution in [2.24, 2.45) is 5.92 Å². The van der Waals surface area contributed by atoms with Crippen LogP contribution in [0.25, 0.3) is 10.9 Å². The van der Waals surface area contributed by atoms with Crippen molar-refractivity contribution >= 4 is 16.9 Å². The maximum Gasteiger partial charge on any atom is 0.306 e. The van der Waals surface area contributed by atoms with Gasteiger partial charge in [-0.2, -0.15) is 0 Å². The van der Waals surface area contributed by atoms with Gasteiger partial charge in [0.1, 0.15) is 0 Å². The van der Waals surface area contributed by atoms with Gasteiger partial charge in [-0.25, -0.2) is 0 Å². The standard InChI is InChI=1S/C15H17NO2/c1-8-3-5-12-11-6-4-10(15(17)18)7-13(11)16-14(12)9(8)2/h3,5,10,16H,4,6-7H2,1-2H3,(H,17,18). The third-order valence-corrected chi connectivity index (χ3v) is 4.24. The van der Waals surface area contributed by atoms with E-state index < -0.39 is 5.97 Å². The van der Waals surface area contributed by atoms with Crippen LogP contribution in [0.2, 0.25) is 0 Å². The van der Waals surface area contributed by atoms with E-state index in [2.05, 4.69) is 31.0 Å². The topological polar surface area (TPSA) is 53.1 Å². The summed E-state index contributed by atoms with van der Waals surface area (Å²) < 4.78 is 0. The highest BCUT2D eigenvalue weighted by molar-refractivity contribution is 5.88. The fourth-order valence-corrected chi connectivity index (χ4v) is 2.95. The number of hydrogen-bond acceptors (Lipinski definition) is 1. The van der Waals surface area contributed by atoms with Crippen LogP contribution >= 0.6 is 0 Å². The Kier molecular flexibility index (Phi) is 2.44. The summed E-state index contributed by atoms with van der Waals surface area (Å²) in [4.78, 5) is 14.5. The Morgan fingerprint density at radius 1 is 1.39 bits per heavy atom. The quantitative estimate of drug-likeness (QED) is 0.809. The molecule has 0 bridgehead atoms. The SMILES string of the molecule is Cc1ccc2c3c([nH]c2c1C)CC(C(=O)O)CC3. The largest absolute Gasteiger partial charge is 0.481 e. The summed E-state index contributed by atoms with van der Waals surface area (Å²) in [6.07, 6.45) is 2.26. The van der Waals surface area contributed by atoms with Crippen LogP contribution in [-0.2, 0) is 17.6 Å². The molecule has 0 radical (unpaired) electrons. The molecule has 18 heavy (non-hydrogen) atoms. The van der Waals surface area contributed by atoms with Gasteiger partial charge in [-0.1, -0.05) is 12.1 Å². The highest BCUT2D eigenvalue weighted by atomic mass is 16.4. The molecule has 1 aliphatic rings. The van der Waals surface area contributed by atoms with Crippen LogP contribution in [-0.4, -0.2) is 16.1 Å². The third kappa shape index (κ3) is 1.54. The Balaban J connectivity index is 2.15. The lowest BCUT2D eigenvalue weighted by molar-refractivity contribution is -0.142. The molecule has 1 aromatic carbocycles. The van der Waals surface area contributed by atoms with Crippen molar-refractivity contribution in [3.63, 3.8) is 0 Å². The second-order valence-corrected chi connectivity index (χ2v) is 5.29. The number of hydrogen-bond donors (Lipinski definition) is 2. The monoisotopic (exact) mass is 243 g/mol. The number of aryl methyl sites for hydroxylation is 3. The zero-order valence-electron chi connectivity index (χ0n) is 10.7. The fourth-order valence-electron chi connectivity index (χ4n) is 2.95. The Bertz CT molecular complexity index is 639. The van der Waals surface area contributed by atoms with Gasteiger partial charge in [-0.05, 0) is 43.4 Å². The van der Waals surface area contributed by atoms with Crippen LogP contribution in [0.1, 0.15) is 28.8 Å². The molecule has 0 saturated carbocycles. The van der Waals surface area contributed by atoms with E-state index in [1.54, 1.807) is 0 Å². The Morgan fingerprint density at radius 3 is 2.89 bits per heavy atom. The zero-order valence-corrected chi connectivity index (χ0v) is 10.7. The van der Waals surface area contributed by atoms with Crippen LogP contribution in [0.4, 0.5) is 0 Å². The predicted molar refractivity (Wildman–Crippen MR) is 70.9 cm³/mol. The molecule has 0 amide bonds. The molecular formula is C15H17NO2. The van der Waals surface area contributed by atoms with Crippen LogP contribution in [0, 0.1) is 19.8 Å². The number of H-pyrrole nitrogens is 1. The molecule has 3 nitrogen and oxygen atoms in total. The second-order valence-electron chi connectivity index (χ2n) is 5.29. The molecule has 0 spiro atoms. The van der Waals surface area contributed by atoms with Crippen LogP contribution in [0.15, 0.2) is 12.1 Å². The molecule has 1 unspecified atom stereocenters. The van der Waals surface area contributed by atoms with E-state index in [0.717, 1.165) is 18.5 Å². The van der Waals surface area contributed by atoms with Crippen LogP contribution in [0.5, 0.6) is 0 Å². The Labute approximate surface area is 106 Å². The van der Waals surface area contributed by atoms with Gasteiger partial charge in [0.05, 0.1) is 5.92 Å². The zero-order chi connectivity index (χ0) is 12.9. The van der Waals surface area contributed by atoms with E-state index in [9.17, 15) is 4.79 Å². The van der Waals surface area contributed by atoms with E-state index in [1.807, 2.05) is 0 Å². The van der Waals surface area contributed by atoms with Crippen molar-refractivity contribution in [3.05, 3.63) is 34.5 Å². The number of carboxylic acids is 1. The lowest BCUT2D eigenvalue weighted by Gasteiger charge is -2.18. The molecule has 0 saturated heterocycles. The van der Waals surface area contributed by atoms with Gasteiger partial charge in [-0.3, -0.25) is 4.79 Å². The van der Waals surface area contributed by atoms with Gasteiger partial charge in [0.25, 0.3) is 0 Å². The summed E-state index contributed by atoms with van der Waals surface area (Å²) in [6.45, 7) is 4.23. The maximum absolute atomic E-state index is 11.1. The molecule has 1 heterocycles. The van der Waals surface area contributed by atoms with Gasteiger partial charge in [0.15, 0.2) is 0 Å². The predicted octanol–water partition coefficient (Wildman–Crippen LogP) is 2.97. The first kappa shape index (κ1) is 11.3. The first-order chi connectivity index (χ1) is 8.58. The van der Waals surface area contributed by atoms with Gasteiger partial charge >= 0.3 is 5.97 Å². The fraction of sp³-hybridized carbons (Fsp3) is 0.400. The van der Waals surface area contributed by atoms with E-state index >= 15 is 0 Å². The molecule has 1 aliphatic carbocycles. The average molecular weight is 243 g/mol. The number of benzene rings is 1.